The molecule has 0 aromatic heterocycles. The standard InChI is InChI=1S/C28H36O4.C14H23NO.C12H13NO4.CH4/c1-8-32-26(31)21(15-14-19-12-10-9-11-13-19)24(29)16-20-17-25(30)23(28(5,6)7)18-22(20)27(2,3)4;1-13(2,3)9-7-10(14(4,5)6)12(16)8-11(9)15;1-2-17-12(16)10(11(14)15)8-13-9-6-4-3-5-7-9;/h9-13,15,17-18,30H,8,14,16H2,1-7H3;7-8,16H,15H2,1-6H3;3-8,13H,2H2,1H3,(H,14,15);1H4/b21-15-;;10-8-;. The number of phenolic OH excluding ortho intramolecular Hbond substituents is 2. The van der Waals surface area contributed by atoms with Gasteiger partial charge in [-0.2, -0.15) is 0 Å². The number of carboxylic acids is 1. The largest absolute Gasteiger partial charge is 0.508 e. The molecule has 6 N–H and O–H groups in total. The van der Waals surface area contributed by atoms with E-state index in [1.165, 1.54) is 0 Å². The summed E-state index contributed by atoms with van der Waals surface area (Å²) in [7, 11) is 0. The number of nitrogens with two attached hydrogens (primary N) is 1. The van der Waals surface area contributed by atoms with Crippen molar-refractivity contribution in [2.24, 2.45) is 0 Å². The van der Waals surface area contributed by atoms with Crippen LogP contribution in [0.25, 0.3) is 0 Å². The number of aliphatic carboxylic acids is 1. The lowest BCUT2D eigenvalue weighted by molar-refractivity contribution is -0.144. The molecule has 360 valence electrons. The van der Waals surface area contributed by atoms with Crippen molar-refractivity contribution in [3.05, 3.63) is 142 Å². The molecule has 11 nitrogen and oxygen atoms in total. The maximum absolute atomic E-state index is 13.3. The number of Topliss-reactive ketones (excluding diaryl/α,β-unsaturated/α-hetero) is 1. The van der Waals surface area contributed by atoms with Gasteiger partial charge in [-0.3, -0.25) is 4.79 Å². The molecule has 0 spiro atoms. The Kier molecular flexibility index (Phi) is 21.7. The Bertz CT molecular complexity index is 2270. The summed E-state index contributed by atoms with van der Waals surface area (Å²) in [6.07, 6.45) is 3.25. The Labute approximate surface area is 394 Å². The van der Waals surface area contributed by atoms with Gasteiger partial charge in [0, 0.05) is 30.1 Å². The highest BCUT2D eigenvalue weighted by Crippen LogP contribution is 2.39. The molecule has 0 aliphatic rings. The minimum Gasteiger partial charge on any atom is -0.508 e. The number of phenols is 2. The highest BCUT2D eigenvalue weighted by Gasteiger charge is 2.29. The molecule has 4 rings (SSSR count). The van der Waals surface area contributed by atoms with E-state index in [1.807, 2.05) is 69.3 Å². The number of carbonyl (C=O) groups excluding carboxylic acids is 3. The van der Waals surface area contributed by atoms with Gasteiger partial charge in [-0.15, -0.1) is 0 Å². The van der Waals surface area contributed by atoms with Crippen LogP contribution in [0, 0.1) is 0 Å². The fourth-order valence-electron chi connectivity index (χ4n) is 6.66. The van der Waals surface area contributed by atoms with Crippen molar-refractivity contribution in [2.45, 2.75) is 139 Å². The molecule has 0 bridgehead atoms. The number of ether oxygens (including phenoxy) is 2. The van der Waals surface area contributed by atoms with Crippen molar-refractivity contribution >= 4 is 35.1 Å². The maximum Gasteiger partial charge on any atom is 0.347 e. The molecule has 0 saturated carbocycles. The quantitative estimate of drug-likeness (QED) is 0.0299. The Hall–Kier alpha value is -6.36. The monoisotopic (exact) mass is 909 g/mol. The van der Waals surface area contributed by atoms with E-state index in [1.54, 1.807) is 56.3 Å². The van der Waals surface area contributed by atoms with E-state index >= 15 is 0 Å². The molecule has 0 atom stereocenters. The number of benzene rings is 4. The molecule has 11 heteroatoms. The third kappa shape index (κ3) is 17.9. The van der Waals surface area contributed by atoms with Crippen LogP contribution in [0.5, 0.6) is 11.5 Å². The van der Waals surface area contributed by atoms with Crippen molar-refractivity contribution in [3.63, 3.8) is 0 Å². The topological polar surface area (TPSA) is 185 Å². The van der Waals surface area contributed by atoms with Gasteiger partial charge >= 0.3 is 17.9 Å². The van der Waals surface area contributed by atoms with Crippen molar-refractivity contribution in [1.29, 1.82) is 0 Å². The number of hydrogen-bond donors (Lipinski definition) is 5. The number of allylic oxidation sites excluding steroid dienone is 1. The summed E-state index contributed by atoms with van der Waals surface area (Å²) in [6.45, 7) is 28.7. The van der Waals surface area contributed by atoms with Gasteiger partial charge < -0.3 is 35.8 Å². The summed E-state index contributed by atoms with van der Waals surface area (Å²) >= 11 is 0. The van der Waals surface area contributed by atoms with E-state index in [0.717, 1.165) is 39.6 Å². The number of carbonyl (C=O) groups is 4. The Morgan fingerprint density at radius 3 is 1.47 bits per heavy atom. The van der Waals surface area contributed by atoms with E-state index in [0.29, 0.717) is 17.8 Å². The van der Waals surface area contributed by atoms with Gasteiger partial charge in [-0.25, -0.2) is 14.4 Å². The van der Waals surface area contributed by atoms with Gasteiger partial charge in [0.15, 0.2) is 11.4 Å². The van der Waals surface area contributed by atoms with Crippen molar-refractivity contribution < 1.29 is 44.0 Å². The highest BCUT2D eigenvalue weighted by molar-refractivity contribution is 6.18. The number of aromatic hydroxyl groups is 2. The zero-order chi connectivity index (χ0) is 49.5. The lowest BCUT2D eigenvalue weighted by Gasteiger charge is -2.28. The number of carboxylic acid groups (broad SMARTS) is 1. The molecule has 0 radical (unpaired) electrons. The smallest absolute Gasteiger partial charge is 0.347 e. The van der Waals surface area contributed by atoms with E-state index in [-0.39, 0.29) is 71.6 Å². The van der Waals surface area contributed by atoms with Crippen LogP contribution in [0.2, 0.25) is 0 Å². The third-order valence-electron chi connectivity index (χ3n) is 10.0. The van der Waals surface area contributed by atoms with E-state index in [9.17, 15) is 29.4 Å². The van der Waals surface area contributed by atoms with Crippen LogP contribution >= 0.6 is 0 Å². The van der Waals surface area contributed by atoms with Crippen LogP contribution < -0.4 is 11.1 Å². The second kappa shape index (κ2) is 24.8. The number of hydrogen-bond acceptors (Lipinski definition) is 10. The van der Waals surface area contributed by atoms with Crippen molar-refractivity contribution in [3.8, 4) is 11.5 Å². The van der Waals surface area contributed by atoms with Crippen LogP contribution in [0.4, 0.5) is 11.4 Å². The minimum absolute atomic E-state index is 0. The van der Waals surface area contributed by atoms with Crippen molar-refractivity contribution in [1.82, 2.24) is 0 Å². The predicted octanol–water partition coefficient (Wildman–Crippen LogP) is 11.7. The van der Waals surface area contributed by atoms with Crippen LogP contribution in [-0.4, -0.2) is 52.2 Å². The number of rotatable bonds is 12. The summed E-state index contributed by atoms with van der Waals surface area (Å²) in [4.78, 5) is 48.0. The van der Waals surface area contributed by atoms with Crippen LogP contribution in [0.1, 0.15) is 138 Å². The summed E-state index contributed by atoms with van der Waals surface area (Å²) in [5.41, 5.74) is 12.0. The number of anilines is 2. The van der Waals surface area contributed by atoms with Gasteiger partial charge in [0.1, 0.15) is 11.5 Å². The summed E-state index contributed by atoms with van der Waals surface area (Å²) in [5.74, 6) is -2.65. The lowest BCUT2D eigenvalue weighted by atomic mass is 9.77. The fraction of sp³-hybridized carbons (Fsp3) is 0.418. The molecule has 4 aromatic rings. The first-order chi connectivity index (χ1) is 30.0. The Morgan fingerprint density at radius 2 is 1.03 bits per heavy atom. The molecule has 0 aliphatic heterocycles. The molecular formula is C55H76N2O9. The molecule has 0 unspecified atom stereocenters. The van der Waals surface area contributed by atoms with E-state index < -0.39 is 23.5 Å². The van der Waals surface area contributed by atoms with Gasteiger partial charge in [0.05, 0.1) is 18.8 Å². The zero-order valence-corrected chi connectivity index (χ0v) is 40.9. The second-order valence-corrected chi connectivity index (χ2v) is 19.7. The first-order valence-electron chi connectivity index (χ1n) is 21.9. The van der Waals surface area contributed by atoms with Gasteiger partial charge in [-0.05, 0) is 99.6 Å². The molecule has 0 fully saturated rings. The van der Waals surface area contributed by atoms with E-state index in [2.05, 4.69) is 72.4 Å². The van der Waals surface area contributed by atoms with Gasteiger partial charge in [-0.1, -0.05) is 151 Å². The molecule has 66 heavy (non-hydrogen) atoms. The molecule has 0 aliphatic carbocycles. The number of esters is 2. The van der Waals surface area contributed by atoms with Crippen LogP contribution in [0.15, 0.2) is 108 Å². The predicted molar refractivity (Wildman–Crippen MR) is 268 cm³/mol. The number of para-hydroxylation sites is 1. The molecular weight excluding hydrogens is 833 g/mol. The first kappa shape index (κ1) is 57.7. The first-order valence-corrected chi connectivity index (χ1v) is 21.9. The number of ketones is 1. The summed E-state index contributed by atoms with van der Waals surface area (Å²) in [6, 6.07) is 26.0. The molecule has 4 aromatic carbocycles. The maximum atomic E-state index is 13.3. The van der Waals surface area contributed by atoms with Gasteiger partial charge in [0.2, 0.25) is 0 Å². The normalized spacial score (nSPS) is 12.0. The van der Waals surface area contributed by atoms with Crippen molar-refractivity contribution in [2.75, 3.05) is 24.3 Å². The Morgan fingerprint density at radius 1 is 0.606 bits per heavy atom. The zero-order valence-electron chi connectivity index (χ0n) is 40.9. The molecule has 0 heterocycles. The lowest BCUT2D eigenvalue weighted by Crippen LogP contribution is -2.22. The summed E-state index contributed by atoms with van der Waals surface area (Å²) < 4.78 is 9.78. The molecule has 0 saturated heterocycles. The number of nitrogen functional groups attached to an aromatic ring is 1. The minimum atomic E-state index is -1.33. The average molecular weight is 909 g/mol. The second-order valence-electron chi connectivity index (χ2n) is 19.7. The SMILES string of the molecule is C.CC(C)(C)c1cc(C(C)(C)C)c(O)cc1N.CCOC(=O)/C(=C\Cc1ccccc1)C(=O)Cc1cc(O)c(C(C)(C)C)cc1C(C)(C)C.CCOC(=O)/C(=C\Nc1ccccc1)C(=O)O. The highest BCUT2D eigenvalue weighted by atomic mass is 16.5. The fourth-order valence-corrected chi connectivity index (χ4v) is 6.66. The summed E-state index contributed by atoms with van der Waals surface area (Å²) in [5, 5.41) is 32.2. The average Bonchev–Trinajstić information content (AvgIpc) is 3.17. The van der Waals surface area contributed by atoms with Crippen LogP contribution in [-0.2, 0) is 63.2 Å². The Balaban J connectivity index is 0.000000540. The van der Waals surface area contributed by atoms with Gasteiger partial charge in [0.25, 0.3) is 0 Å². The number of nitrogens with one attached hydrogen (secondary N) is 1. The van der Waals surface area contributed by atoms with E-state index in [4.69, 9.17) is 15.6 Å². The van der Waals surface area contributed by atoms with Crippen LogP contribution in [0.3, 0.4) is 0 Å². The third-order valence-corrected chi connectivity index (χ3v) is 10.0. The molecule has 0 amide bonds.